The molecule has 9 heteroatoms. The van der Waals surface area contributed by atoms with Gasteiger partial charge in [0.2, 0.25) is 5.91 Å². The first-order chi connectivity index (χ1) is 12.2. The molecule has 3 aliphatic rings. The summed E-state index contributed by atoms with van der Waals surface area (Å²) in [5.41, 5.74) is -1.31. The lowest BCUT2D eigenvalue weighted by Gasteiger charge is -2.44. The summed E-state index contributed by atoms with van der Waals surface area (Å²) in [5, 5.41) is 6.40. The maximum Gasteiger partial charge on any atom is 0.411 e. The van der Waals surface area contributed by atoms with Gasteiger partial charge in [0.1, 0.15) is 5.54 Å². The molecule has 1 N–H and O–H groups in total. The molecule has 2 saturated carbocycles. The molecule has 4 rings (SSSR count). The SMILES string of the molecule is Cn1cc(C2CC2C(=O)NC2(C(F)(F)F)CCC3(CC2)OCCO3)cn1. The Morgan fingerprint density at radius 3 is 2.46 bits per heavy atom. The molecule has 0 bridgehead atoms. The van der Waals surface area contributed by atoms with Crippen molar-refractivity contribution in [1.82, 2.24) is 15.1 Å². The summed E-state index contributed by atoms with van der Waals surface area (Å²) in [5.74, 6) is -1.91. The predicted molar refractivity (Wildman–Crippen MR) is 84.1 cm³/mol. The first-order valence-corrected chi connectivity index (χ1v) is 8.89. The average Bonchev–Trinajstić information content (AvgIpc) is 3.06. The van der Waals surface area contributed by atoms with Gasteiger partial charge in [-0.3, -0.25) is 9.48 Å². The maximum absolute atomic E-state index is 13.8. The Labute approximate surface area is 149 Å². The van der Waals surface area contributed by atoms with E-state index in [0.717, 1.165) is 5.56 Å². The molecule has 1 spiro atoms. The first-order valence-electron chi connectivity index (χ1n) is 8.89. The summed E-state index contributed by atoms with van der Waals surface area (Å²) >= 11 is 0. The minimum absolute atomic E-state index is 0.0505. The molecule has 1 saturated heterocycles. The zero-order chi connectivity index (χ0) is 18.6. The van der Waals surface area contributed by atoms with E-state index >= 15 is 0 Å². The normalized spacial score (nSPS) is 29.7. The van der Waals surface area contributed by atoms with Gasteiger partial charge in [-0.05, 0) is 30.7 Å². The lowest BCUT2D eigenvalue weighted by atomic mass is 9.77. The van der Waals surface area contributed by atoms with Crippen LogP contribution in [0.2, 0.25) is 0 Å². The van der Waals surface area contributed by atoms with Crippen LogP contribution in [0.25, 0.3) is 0 Å². The molecule has 0 radical (unpaired) electrons. The number of hydrogen-bond donors (Lipinski definition) is 1. The Balaban J connectivity index is 1.44. The van der Waals surface area contributed by atoms with Crippen molar-refractivity contribution in [2.24, 2.45) is 13.0 Å². The van der Waals surface area contributed by atoms with Crippen LogP contribution in [0.4, 0.5) is 13.2 Å². The van der Waals surface area contributed by atoms with Crippen LogP contribution in [0.15, 0.2) is 12.4 Å². The van der Waals surface area contributed by atoms with E-state index in [1.54, 1.807) is 24.1 Å². The highest BCUT2D eigenvalue weighted by atomic mass is 19.4. The summed E-state index contributed by atoms with van der Waals surface area (Å²) in [6.07, 6.45) is -0.692. The molecule has 1 aromatic heterocycles. The Bertz CT molecular complexity index is 687. The van der Waals surface area contributed by atoms with Gasteiger partial charge in [0, 0.05) is 32.0 Å². The van der Waals surface area contributed by atoms with E-state index in [2.05, 4.69) is 10.4 Å². The zero-order valence-corrected chi connectivity index (χ0v) is 14.5. The van der Waals surface area contributed by atoms with Crippen molar-refractivity contribution in [1.29, 1.82) is 0 Å². The van der Waals surface area contributed by atoms with Crippen LogP contribution in [-0.4, -0.2) is 46.4 Å². The molecule has 2 unspecified atom stereocenters. The second-order valence-corrected chi connectivity index (χ2v) is 7.57. The maximum atomic E-state index is 13.8. The highest BCUT2D eigenvalue weighted by Crippen LogP contribution is 2.50. The van der Waals surface area contributed by atoms with Crippen molar-refractivity contribution in [2.75, 3.05) is 13.2 Å². The van der Waals surface area contributed by atoms with Gasteiger partial charge in [0.05, 0.1) is 19.4 Å². The number of aromatic nitrogens is 2. The van der Waals surface area contributed by atoms with Crippen LogP contribution in [-0.2, 0) is 21.3 Å². The summed E-state index contributed by atoms with van der Waals surface area (Å²) < 4.78 is 54.2. The van der Waals surface area contributed by atoms with Gasteiger partial charge >= 0.3 is 6.18 Å². The van der Waals surface area contributed by atoms with Gasteiger partial charge in [-0.2, -0.15) is 18.3 Å². The number of nitrogens with zero attached hydrogens (tertiary/aromatic N) is 2. The number of hydrogen-bond acceptors (Lipinski definition) is 4. The zero-order valence-electron chi connectivity index (χ0n) is 14.5. The van der Waals surface area contributed by atoms with E-state index in [1.165, 1.54) is 0 Å². The Kier molecular flexibility index (Phi) is 4.07. The highest BCUT2D eigenvalue weighted by molar-refractivity contribution is 5.83. The van der Waals surface area contributed by atoms with Crippen LogP contribution >= 0.6 is 0 Å². The number of ether oxygens (including phenoxy) is 2. The number of rotatable bonds is 3. The first kappa shape index (κ1) is 17.8. The number of alkyl halides is 3. The van der Waals surface area contributed by atoms with Crippen molar-refractivity contribution in [2.45, 2.75) is 55.5 Å². The van der Waals surface area contributed by atoms with E-state index in [1.807, 2.05) is 0 Å². The number of nitrogens with one attached hydrogen (secondary N) is 1. The lowest BCUT2D eigenvalue weighted by Crippen LogP contribution is -2.62. The summed E-state index contributed by atoms with van der Waals surface area (Å²) in [7, 11) is 1.77. The molecule has 1 amide bonds. The lowest BCUT2D eigenvalue weighted by molar-refractivity contribution is -0.243. The fourth-order valence-corrected chi connectivity index (χ4v) is 4.14. The van der Waals surface area contributed by atoms with Crippen molar-refractivity contribution >= 4 is 5.91 Å². The number of carbonyl (C=O) groups is 1. The molecule has 1 aromatic rings. The Hall–Kier alpha value is -1.61. The van der Waals surface area contributed by atoms with Crippen molar-refractivity contribution < 1.29 is 27.4 Å². The van der Waals surface area contributed by atoms with Crippen LogP contribution in [0.3, 0.4) is 0 Å². The van der Waals surface area contributed by atoms with E-state index in [9.17, 15) is 18.0 Å². The summed E-state index contributed by atoms with van der Waals surface area (Å²) in [6.45, 7) is 0.806. The molecule has 2 atom stereocenters. The molecular formula is C17H22F3N3O3. The number of aryl methyl sites for hydroxylation is 1. The van der Waals surface area contributed by atoms with E-state index < -0.39 is 29.3 Å². The van der Waals surface area contributed by atoms with Gasteiger partial charge in [0.15, 0.2) is 5.79 Å². The molecule has 2 heterocycles. The number of carbonyl (C=O) groups excluding carboxylic acids is 1. The second-order valence-electron chi connectivity index (χ2n) is 7.57. The molecule has 144 valence electrons. The second kappa shape index (κ2) is 5.95. The third-order valence-corrected chi connectivity index (χ3v) is 5.86. The summed E-state index contributed by atoms with van der Waals surface area (Å²) in [6, 6.07) is 0. The monoisotopic (exact) mass is 373 g/mol. The van der Waals surface area contributed by atoms with Gasteiger partial charge in [-0.1, -0.05) is 0 Å². The molecule has 26 heavy (non-hydrogen) atoms. The molecule has 6 nitrogen and oxygen atoms in total. The van der Waals surface area contributed by atoms with Crippen molar-refractivity contribution in [3.63, 3.8) is 0 Å². The fraction of sp³-hybridized carbons (Fsp3) is 0.765. The smallest absolute Gasteiger partial charge is 0.348 e. The molecule has 2 aliphatic carbocycles. The number of amides is 1. The van der Waals surface area contributed by atoms with Gasteiger partial charge < -0.3 is 14.8 Å². The predicted octanol–water partition coefficient (Wildman–Crippen LogP) is 2.26. The topological polar surface area (TPSA) is 65.4 Å². The van der Waals surface area contributed by atoms with Crippen LogP contribution in [0, 0.1) is 5.92 Å². The quantitative estimate of drug-likeness (QED) is 0.883. The van der Waals surface area contributed by atoms with Crippen LogP contribution < -0.4 is 5.32 Å². The van der Waals surface area contributed by atoms with E-state index in [0.29, 0.717) is 19.6 Å². The Morgan fingerprint density at radius 1 is 1.27 bits per heavy atom. The van der Waals surface area contributed by atoms with Crippen LogP contribution in [0.1, 0.15) is 43.6 Å². The van der Waals surface area contributed by atoms with E-state index in [-0.39, 0.29) is 31.6 Å². The minimum Gasteiger partial charge on any atom is -0.348 e. The molecular weight excluding hydrogens is 351 g/mol. The van der Waals surface area contributed by atoms with Gasteiger partial charge in [0.25, 0.3) is 0 Å². The minimum atomic E-state index is -4.51. The van der Waals surface area contributed by atoms with Gasteiger partial charge in [-0.25, -0.2) is 0 Å². The van der Waals surface area contributed by atoms with Crippen molar-refractivity contribution in [3.05, 3.63) is 18.0 Å². The van der Waals surface area contributed by atoms with E-state index in [4.69, 9.17) is 9.47 Å². The van der Waals surface area contributed by atoms with Crippen LogP contribution in [0.5, 0.6) is 0 Å². The number of halogens is 3. The van der Waals surface area contributed by atoms with Gasteiger partial charge in [-0.15, -0.1) is 0 Å². The summed E-state index contributed by atoms with van der Waals surface area (Å²) in [4.78, 5) is 12.5. The molecule has 1 aliphatic heterocycles. The molecule has 3 fully saturated rings. The molecule has 0 aromatic carbocycles. The highest BCUT2D eigenvalue weighted by Gasteiger charge is 2.61. The van der Waals surface area contributed by atoms with Crippen molar-refractivity contribution in [3.8, 4) is 0 Å². The standard InChI is InChI=1S/C17H22F3N3O3/c1-23-10-11(9-21-23)12-8-13(12)14(24)22-15(17(18,19)20)2-4-16(5-3-15)25-6-7-26-16/h9-10,12-13H,2-8H2,1H3,(H,22,24). The third-order valence-electron chi connectivity index (χ3n) is 5.86. The fourth-order valence-electron chi connectivity index (χ4n) is 4.14. The Morgan fingerprint density at radius 2 is 1.92 bits per heavy atom. The third kappa shape index (κ3) is 3.00. The average molecular weight is 373 g/mol. The largest absolute Gasteiger partial charge is 0.411 e.